The van der Waals surface area contributed by atoms with Gasteiger partial charge < -0.3 is 49.3 Å². The second kappa shape index (κ2) is 35.3. The molecule has 2 N–H and O–H groups in total. The summed E-state index contributed by atoms with van der Waals surface area (Å²) in [7, 11) is 3.59. The summed E-state index contributed by atoms with van der Waals surface area (Å²) < 4.78 is 110. The molecule has 102 heavy (non-hydrogen) atoms. The highest BCUT2D eigenvalue weighted by molar-refractivity contribution is 5.96. The molecule has 0 unspecified atom stereocenters. The van der Waals surface area contributed by atoms with Crippen molar-refractivity contribution < 1.29 is 69.3 Å². The lowest BCUT2D eigenvalue weighted by atomic mass is 9.72. The summed E-state index contributed by atoms with van der Waals surface area (Å²) in [5.41, 5.74) is 1.17. The zero-order valence-electron chi connectivity index (χ0n) is 57.3. The van der Waals surface area contributed by atoms with Gasteiger partial charge in [-0.15, -0.1) is 37.2 Å². The summed E-state index contributed by atoms with van der Waals surface area (Å²) >= 11 is 0. The number of nitrogens with zero attached hydrogens (tertiary/aromatic N) is 7. The number of nitrogens with one attached hydrogen (secondary N) is 1. The molecule has 3 saturated heterocycles. The standard InChI is InChI=1S/C76H87F7N8O8.3ClH/c1-85(37-13-38-90(62-29-30-62)71(95)54-21-27-61(28-22-54)84-36-12-4-7-20-68(92)86(2)44-45-87-39-31-63(32-40-87)91(72(96)97)66-19-11-9-17-64(66)53-14-5-3-6-15-53)69(93)50-98-67-48-55-16-8-10-18-65(55)73(67)33-41-88(42-34-73)43-35-74(57-23-25-60(77)26-24-57)51-89(52-99-74)70(94)56-46-58(75(78,79)80)49-59(47-56)76(81,82)83;;;/h3,5-6,8-11,14-19,21-28,46-47,49,62-63,67,84H,4,7,12-13,20,29-45,48,50-52H2,1-2H3,(H,96,97);3*1H/t67-,74+;;;/m0.../s1. The van der Waals surface area contributed by atoms with Gasteiger partial charge in [0.25, 0.3) is 11.8 Å². The van der Waals surface area contributed by atoms with Gasteiger partial charge in [-0.3, -0.25) is 24.1 Å². The number of anilines is 2. The van der Waals surface area contributed by atoms with Crippen molar-refractivity contribution in [1.82, 2.24) is 29.4 Å². The fourth-order valence-electron chi connectivity index (χ4n) is 14.7. The van der Waals surface area contributed by atoms with Crippen LogP contribution in [-0.2, 0) is 48.9 Å². The summed E-state index contributed by atoms with van der Waals surface area (Å²) in [6.07, 6.45) is -2.54. The van der Waals surface area contributed by atoms with Gasteiger partial charge in [0, 0.05) is 113 Å². The molecule has 6 aromatic rings. The Morgan fingerprint density at radius 2 is 1.27 bits per heavy atom. The fraction of sp³-hybridized carbons (Fsp3) is 0.461. The largest absolute Gasteiger partial charge is 0.465 e. The zero-order chi connectivity index (χ0) is 70.1. The number of para-hydroxylation sites is 1. The number of carbonyl (C=O) groups is 5. The second-order valence-electron chi connectivity index (χ2n) is 27.1. The van der Waals surface area contributed by atoms with Gasteiger partial charge in [-0.25, -0.2) is 9.18 Å². The van der Waals surface area contributed by atoms with Crippen molar-refractivity contribution in [3.63, 3.8) is 0 Å². The second-order valence-corrected chi connectivity index (χ2v) is 27.1. The van der Waals surface area contributed by atoms with E-state index < -0.39 is 64.6 Å². The van der Waals surface area contributed by atoms with Crippen LogP contribution in [0.1, 0.15) is 126 Å². The number of fused-ring (bicyclic) bond motifs is 2. The van der Waals surface area contributed by atoms with Gasteiger partial charge in [-0.2, -0.15) is 26.3 Å². The van der Waals surface area contributed by atoms with Crippen LogP contribution in [0.3, 0.4) is 0 Å². The van der Waals surface area contributed by atoms with Crippen molar-refractivity contribution in [2.24, 2.45) is 0 Å². The number of unbranched alkanes of at least 4 members (excludes halogenated alkanes) is 2. The van der Waals surface area contributed by atoms with Gasteiger partial charge in [0.1, 0.15) is 24.8 Å². The SMILES string of the molecule is CN(CCN1CCC(N(C(=O)O)c2ccccc2-c2ccccc2)CC1)C(=O)CCCCCNc1ccc(C(=O)N(CCCN(C)C(=O)CO[C@H]2Cc3ccccc3C23CCN(CC[C@]2(c4ccc(F)cc4)CN(C(=O)c4cc(C(F)(F)F)cc(C(F)(F)F)c4)CO2)CC3)C2CC2)cc1.Cl.Cl.Cl. The lowest BCUT2D eigenvalue weighted by Crippen LogP contribution is -2.50. The van der Waals surface area contributed by atoms with E-state index in [1.807, 2.05) is 103 Å². The highest BCUT2D eigenvalue weighted by Gasteiger charge is 2.51. The number of piperidine rings is 2. The highest BCUT2D eigenvalue weighted by atomic mass is 35.5. The third-order valence-electron chi connectivity index (χ3n) is 20.6. The van der Waals surface area contributed by atoms with Crippen molar-refractivity contribution in [3.8, 4) is 11.1 Å². The molecule has 2 atom stereocenters. The van der Waals surface area contributed by atoms with E-state index in [9.17, 15) is 59.8 Å². The van der Waals surface area contributed by atoms with Gasteiger partial charge in [0.15, 0.2) is 0 Å². The first-order valence-corrected chi connectivity index (χ1v) is 34.4. The number of hydrogen-bond donors (Lipinski definition) is 2. The Balaban J connectivity index is 0.00000440. The molecule has 1 spiro atoms. The molecule has 552 valence electrons. The summed E-state index contributed by atoms with van der Waals surface area (Å²) in [6.45, 7) is 5.30. The van der Waals surface area contributed by atoms with E-state index >= 15 is 0 Å². The molecule has 0 radical (unpaired) electrons. The predicted octanol–water partition coefficient (Wildman–Crippen LogP) is 14.7. The number of alkyl halides is 6. The average molecular weight is 1480 g/mol. The van der Waals surface area contributed by atoms with Gasteiger partial charge in [-0.1, -0.05) is 91.3 Å². The minimum absolute atomic E-state index is 0. The molecule has 5 aliphatic rings. The number of halogens is 10. The monoisotopic (exact) mass is 1480 g/mol. The molecular weight excluding hydrogens is 1390 g/mol. The number of likely N-dealkylation sites (tertiary alicyclic amines) is 2. The Morgan fingerprint density at radius 1 is 0.647 bits per heavy atom. The van der Waals surface area contributed by atoms with Crippen LogP contribution in [0, 0.1) is 5.82 Å². The summed E-state index contributed by atoms with van der Waals surface area (Å²) in [5.74, 6) is -1.73. The van der Waals surface area contributed by atoms with Gasteiger partial charge in [0.2, 0.25) is 11.8 Å². The van der Waals surface area contributed by atoms with Gasteiger partial charge in [0.05, 0.1) is 29.5 Å². The van der Waals surface area contributed by atoms with E-state index in [1.54, 1.807) is 16.8 Å². The quantitative estimate of drug-likeness (QED) is 0.0373. The van der Waals surface area contributed by atoms with Crippen LogP contribution in [0.15, 0.2) is 146 Å². The van der Waals surface area contributed by atoms with E-state index in [-0.39, 0.29) is 98.8 Å². The summed E-state index contributed by atoms with van der Waals surface area (Å²) in [6, 6.07) is 39.4. The maximum Gasteiger partial charge on any atom is 0.416 e. The number of hydrogen-bond acceptors (Lipinski definition) is 10. The number of carboxylic acid groups (broad SMARTS) is 1. The highest BCUT2D eigenvalue weighted by Crippen LogP contribution is 2.49. The minimum Gasteiger partial charge on any atom is -0.465 e. The first-order valence-electron chi connectivity index (χ1n) is 34.4. The van der Waals surface area contributed by atoms with Crippen LogP contribution in [-0.4, -0.2) is 182 Å². The van der Waals surface area contributed by atoms with Crippen molar-refractivity contribution in [2.45, 2.75) is 125 Å². The molecule has 0 aromatic heterocycles. The minimum atomic E-state index is -5.15. The Bertz CT molecular complexity index is 3760. The van der Waals surface area contributed by atoms with Crippen molar-refractivity contribution in [1.29, 1.82) is 0 Å². The van der Waals surface area contributed by atoms with Crippen LogP contribution in [0.2, 0.25) is 0 Å². The molecule has 16 nitrogen and oxygen atoms in total. The van der Waals surface area contributed by atoms with Crippen LogP contribution < -0.4 is 10.2 Å². The maximum atomic E-state index is 14.3. The molecule has 3 aliphatic heterocycles. The Morgan fingerprint density at radius 3 is 1.93 bits per heavy atom. The number of carbonyl (C=O) groups excluding carboxylic acids is 4. The number of ether oxygens (including phenoxy) is 2. The molecule has 2 aliphatic carbocycles. The Kier molecular flexibility index (Phi) is 27.8. The molecular formula is C76H90Cl3F7N8O8. The van der Waals surface area contributed by atoms with E-state index in [2.05, 4.69) is 27.2 Å². The third-order valence-corrected chi connectivity index (χ3v) is 20.6. The average Bonchev–Trinajstić information content (AvgIpc) is 1.57. The van der Waals surface area contributed by atoms with E-state index in [0.29, 0.717) is 120 Å². The lowest BCUT2D eigenvalue weighted by molar-refractivity contribution is -0.143. The predicted molar refractivity (Wildman–Crippen MR) is 384 cm³/mol. The molecule has 3 heterocycles. The topological polar surface area (TPSA) is 159 Å². The van der Waals surface area contributed by atoms with Crippen molar-refractivity contribution in [2.75, 3.05) is 110 Å². The molecule has 4 fully saturated rings. The number of amides is 5. The van der Waals surface area contributed by atoms with E-state index in [1.165, 1.54) is 34.7 Å². The lowest BCUT2D eigenvalue weighted by Gasteiger charge is -2.44. The number of benzene rings is 6. The molecule has 26 heteroatoms. The normalized spacial score (nSPS) is 18.3. The number of likely N-dealkylation sites (N-methyl/N-ethyl adjacent to an activating group) is 2. The van der Waals surface area contributed by atoms with E-state index in [0.717, 1.165) is 79.0 Å². The smallest absolute Gasteiger partial charge is 0.416 e. The van der Waals surface area contributed by atoms with E-state index in [4.69, 9.17) is 9.47 Å². The van der Waals surface area contributed by atoms with Gasteiger partial charge >= 0.3 is 18.4 Å². The molecule has 0 bridgehead atoms. The first-order chi connectivity index (χ1) is 47.5. The first kappa shape index (κ1) is 80.2. The third kappa shape index (κ3) is 19.5. The summed E-state index contributed by atoms with van der Waals surface area (Å²) in [5, 5.41) is 13.8. The summed E-state index contributed by atoms with van der Waals surface area (Å²) in [4.78, 5) is 79.8. The maximum absolute atomic E-state index is 14.3. The van der Waals surface area contributed by atoms with Crippen LogP contribution in [0.5, 0.6) is 0 Å². The molecule has 5 amide bonds. The molecule has 1 saturated carbocycles. The molecule has 6 aromatic carbocycles. The van der Waals surface area contributed by atoms with Crippen molar-refractivity contribution in [3.05, 3.63) is 190 Å². The number of rotatable bonds is 27. The Hall–Kier alpha value is -7.51. The van der Waals surface area contributed by atoms with Gasteiger partial charge in [-0.05, 0) is 167 Å². The van der Waals surface area contributed by atoms with Crippen molar-refractivity contribution >= 4 is 78.3 Å². The Labute approximate surface area is 610 Å². The van der Waals surface area contributed by atoms with Crippen LogP contribution in [0.4, 0.5) is 46.9 Å². The molecule has 11 rings (SSSR count). The van der Waals surface area contributed by atoms with Crippen LogP contribution in [0.25, 0.3) is 11.1 Å². The zero-order valence-corrected chi connectivity index (χ0v) is 59.7. The van der Waals surface area contributed by atoms with Crippen LogP contribution >= 0.6 is 37.2 Å². The fourth-order valence-corrected chi connectivity index (χ4v) is 14.7.